The number of hydrogen-bond donors (Lipinski definition) is 1. The lowest BCUT2D eigenvalue weighted by molar-refractivity contribution is 0.415. The highest BCUT2D eigenvalue weighted by molar-refractivity contribution is 5.84. The molecule has 0 radical (unpaired) electrons. The molecule has 102 valence electrons. The van der Waals surface area contributed by atoms with Gasteiger partial charge < -0.3 is 10.5 Å². The Kier molecular flexibility index (Phi) is 4.43. The van der Waals surface area contributed by atoms with Gasteiger partial charge in [0.05, 0.1) is 7.11 Å². The summed E-state index contributed by atoms with van der Waals surface area (Å²) in [5.74, 6) is 1.56. The zero-order valence-electron chi connectivity index (χ0n) is 12.0. The SMILES string of the molecule is CCC(C)CC(N)c1ccc2cc(OC)ccc2c1. The molecule has 0 aromatic heterocycles. The number of benzene rings is 2. The molecule has 0 spiro atoms. The van der Waals surface area contributed by atoms with E-state index in [1.165, 1.54) is 22.8 Å². The van der Waals surface area contributed by atoms with Crippen LogP contribution < -0.4 is 10.5 Å². The van der Waals surface area contributed by atoms with E-state index in [9.17, 15) is 0 Å². The van der Waals surface area contributed by atoms with E-state index in [4.69, 9.17) is 10.5 Å². The molecule has 2 aromatic carbocycles. The van der Waals surface area contributed by atoms with Crippen LogP contribution in [0.2, 0.25) is 0 Å². The van der Waals surface area contributed by atoms with E-state index in [1.54, 1.807) is 7.11 Å². The summed E-state index contributed by atoms with van der Waals surface area (Å²) >= 11 is 0. The van der Waals surface area contributed by atoms with Gasteiger partial charge in [-0.3, -0.25) is 0 Å². The van der Waals surface area contributed by atoms with Crippen molar-refractivity contribution in [3.05, 3.63) is 42.0 Å². The van der Waals surface area contributed by atoms with Gasteiger partial charge in [-0.25, -0.2) is 0 Å². The molecule has 0 saturated heterocycles. The van der Waals surface area contributed by atoms with Gasteiger partial charge in [-0.05, 0) is 46.9 Å². The number of fused-ring (bicyclic) bond motifs is 1. The Bertz CT molecular complexity index is 550. The summed E-state index contributed by atoms with van der Waals surface area (Å²) in [7, 11) is 1.69. The van der Waals surface area contributed by atoms with Crippen LogP contribution in [-0.2, 0) is 0 Å². The summed E-state index contributed by atoms with van der Waals surface area (Å²) in [6, 6.07) is 12.7. The molecule has 0 aliphatic rings. The van der Waals surface area contributed by atoms with Gasteiger partial charge in [-0.15, -0.1) is 0 Å². The summed E-state index contributed by atoms with van der Waals surface area (Å²) in [6.07, 6.45) is 2.22. The zero-order chi connectivity index (χ0) is 13.8. The largest absolute Gasteiger partial charge is 0.497 e. The Morgan fingerprint density at radius 1 is 1.11 bits per heavy atom. The maximum absolute atomic E-state index is 6.29. The fourth-order valence-electron chi connectivity index (χ4n) is 2.34. The van der Waals surface area contributed by atoms with Gasteiger partial charge in [0, 0.05) is 6.04 Å². The van der Waals surface area contributed by atoms with Gasteiger partial charge in [0.25, 0.3) is 0 Å². The minimum absolute atomic E-state index is 0.126. The van der Waals surface area contributed by atoms with Gasteiger partial charge in [0.1, 0.15) is 5.75 Å². The van der Waals surface area contributed by atoms with Crippen LogP contribution in [0.15, 0.2) is 36.4 Å². The second-order valence-electron chi connectivity index (χ2n) is 5.33. The Balaban J connectivity index is 2.26. The van der Waals surface area contributed by atoms with Gasteiger partial charge >= 0.3 is 0 Å². The van der Waals surface area contributed by atoms with Crippen LogP contribution in [0.3, 0.4) is 0 Å². The minimum atomic E-state index is 0.126. The lowest BCUT2D eigenvalue weighted by Gasteiger charge is -2.17. The first-order chi connectivity index (χ1) is 9.13. The average molecular weight is 257 g/mol. The van der Waals surface area contributed by atoms with Crippen LogP contribution in [0.25, 0.3) is 10.8 Å². The van der Waals surface area contributed by atoms with Crippen molar-refractivity contribution in [1.82, 2.24) is 0 Å². The molecule has 2 unspecified atom stereocenters. The molecule has 0 saturated carbocycles. The van der Waals surface area contributed by atoms with Crippen molar-refractivity contribution in [1.29, 1.82) is 0 Å². The predicted molar refractivity (Wildman–Crippen MR) is 81.5 cm³/mol. The van der Waals surface area contributed by atoms with E-state index in [1.807, 2.05) is 6.07 Å². The predicted octanol–water partition coefficient (Wildman–Crippen LogP) is 4.28. The molecule has 0 aliphatic carbocycles. The van der Waals surface area contributed by atoms with E-state index in [2.05, 4.69) is 44.2 Å². The van der Waals surface area contributed by atoms with Gasteiger partial charge in [-0.2, -0.15) is 0 Å². The molecule has 0 fully saturated rings. The lowest BCUT2D eigenvalue weighted by Crippen LogP contribution is -2.13. The molecule has 2 N–H and O–H groups in total. The first-order valence-electron chi connectivity index (χ1n) is 6.97. The van der Waals surface area contributed by atoms with Crippen LogP contribution in [0.5, 0.6) is 5.75 Å². The number of rotatable bonds is 5. The first-order valence-corrected chi connectivity index (χ1v) is 6.97. The maximum atomic E-state index is 6.29. The van der Waals surface area contributed by atoms with Crippen molar-refractivity contribution in [3.8, 4) is 5.75 Å². The average Bonchev–Trinajstić information content (AvgIpc) is 2.45. The Hall–Kier alpha value is -1.54. The standard InChI is InChI=1S/C17H23NO/c1-4-12(2)9-17(18)15-6-5-14-11-16(19-3)8-7-13(14)10-15/h5-8,10-12,17H,4,9,18H2,1-3H3. The molecular formula is C17H23NO. The summed E-state index contributed by atoms with van der Waals surface area (Å²) < 4.78 is 5.24. The second-order valence-corrected chi connectivity index (χ2v) is 5.33. The minimum Gasteiger partial charge on any atom is -0.497 e. The van der Waals surface area contributed by atoms with Gasteiger partial charge in [0.15, 0.2) is 0 Å². The molecule has 2 rings (SSSR count). The van der Waals surface area contributed by atoms with Crippen molar-refractivity contribution in [2.45, 2.75) is 32.7 Å². The van der Waals surface area contributed by atoms with E-state index in [0.717, 1.165) is 12.2 Å². The van der Waals surface area contributed by atoms with E-state index in [-0.39, 0.29) is 6.04 Å². The van der Waals surface area contributed by atoms with Crippen molar-refractivity contribution in [3.63, 3.8) is 0 Å². The third kappa shape index (κ3) is 3.27. The number of methoxy groups -OCH3 is 1. The zero-order valence-corrected chi connectivity index (χ0v) is 12.0. The third-order valence-corrected chi connectivity index (χ3v) is 3.85. The smallest absolute Gasteiger partial charge is 0.119 e. The summed E-state index contributed by atoms with van der Waals surface area (Å²) in [6.45, 7) is 4.47. The molecule has 0 aliphatic heterocycles. The highest BCUT2D eigenvalue weighted by Gasteiger charge is 2.10. The first kappa shape index (κ1) is 13.9. The lowest BCUT2D eigenvalue weighted by atomic mass is 9.93. The summed E-state index contributed by atoms with van der Waals surface area (Å²) in [5, 5.41) is 2.41. The van der Waals surface area contributed by atoms with Gasteiger partial charge in [-0.1, -0.05) is 38.5 Å². The molecule has 2 heteroatoms. The van der Waals surface area contributed by atoms with Gasteiger partial charge in [0.2, 0.25) is 0 Å². The molecule has 2 nitrogen and oxygen atoms in total. The fraction of sp³-hybridized carbons (Fsp3) is 0.412. The molecule has 0 amide bonds. The highest BCUT2D eigenvalue weighted by Crippen LogP contribution is 2.26. The van der Waals surface area contributed by atoms with E-state index >= 15 is 0 Å². The second kappa shape index (κ2) is 6.07. The maximum Gasteiger partial charge on any atom is 0.119 e. The summed E-state index contributed by atoms with van der Waals surface area (Å²) in [4.78, 5) is 0. The Labute approximate surface area is 115 Å². The molecule has 19 heavy (non-hydrogen) atoms. The molecule has 0 heterocycles. The normalized spacial score (nSPS) is 14.3. The van der Waals surface area contributed by atoms with Crippen LogP contribution >= 0.6 is 0 Å². The molecule has 0 bridgehead atoms. The van der Waals surface area contributed by atoms with Crippen LogP contribution in [-0.4, -0.2) is 7.11 Å². The monoisotopic (exact) mass is 257 g/mol. The Morgan fingerprint density at radius 2 is 1.79 bits per heavy atom. The van der Waals surface area contributed by atoms with Crippen molar-refractivity contribution in [2.75, 3.05) is 7.11 Å². The highest BCUT2D eigenvalue weighted by atomic mass is 16.5. The topological polar surface area (TPSA) is 35.2 Å². The number of hydrogen-bond acceptors (Lipinski definition) is 2. The molecular weight excluding hydrogens is 234 g/mol. The quantitative estimate of drug-likeness (QED) is 0.867. The van der Waals surface area contributed by atoms with Crippen molar-refractivity contribution in [2.24, 2.45) is 11.7 Å². The number of nitrogens with two attached hydrogens (primary N) is 1. The third-order valence-electron chi connectivity index (χ3n) is 3.85. The van der Waals surface area contributed by atoms with Crippen molar-refractivity contribution >= 4 is 10.8 Å². The Morgan fingerprint density at radius 3 is 2.47 bits per heavy atom. The van der Waals surface area contributed by atoms with Crippen LogP contribution in [0.4, 0.5) is 0 Å². The number of ether oxygens (including phenoxy) is 1. The molecule has 2 atom stereocenters. The van der Waals surface area contributed by atoms with E-state index < -0.39 is 0 Å². The van der Waals surface area contributed by atoms with Crippen molar-refractivity contribution < 1.29 is 4.74 Å². The molecule has 2 aromatic rings. The fourth-order valence-corrected chi connectivity index (χ4v) is 2.34. The summed E-state index contributed by atoms with van der Waals surface area (Å²) in [5.41, 5.74) is 7.51. The van der Waals surface area contributed by atoms with Crippen LogP contribution in [0, 0.1) is 5.92 Å². The van der Waals surface area contributed by atoms with E-state index in [0.29, 0.717) is 5.92 Å². The van der Waals surface area contributed by atoms with Crippen LogP contribution in [0.1, 0.15) is 38.3 Å².